The topological polar surface area (TPSA) is 102 Å². The molecule has 2 aromatic heterocycles. The number of hydrogen-bond donors (Lipinski definition) is 2. The third kappa shape index (κ3) is 1.54. The molecule has 0 amide bonds. The van der Waals surface area contributed by atoms with Crippen molar-refractivity contribution >= 4 is 21.4 Å². The molecule has 0 unspecified atom stereocenters. The Balaban J connectivity index is 2.62. The van der Waals surface area contributed by atoms with Crippen LogP contribution in [0.1, 0.15) is 0 Å². The smallest absolute Gasteiger partial charge is 0.241 e. The number of primary sulfonamides is 1. The number of rotatable bonds is 2. The summed E-state index contributed by atoms with van der Waals surface area (Å²) in [5.74, 6) is 0. The fraction of sp³-hybridized carbons (Fsp3) is 0. The first-order valence-corrected chi connectivity index (χ1v) is 5.97. The Morgan fingerprint density at radius 2 is 2.29 bits per heavy atom. The summed E-state index contributed by atoms with van der Waals surface area (Å²) in [6.07, 6.45) is 2.75. The van der Waals surface area contributed by atoms with Crippen LogP contribution < -0.4 is 5.14 Å². The second-order valence-electron chi connectivity index (χ2n) is 2.49. The lowest BCUT2D eigenvalue weighted by molar-refractivity contribution is 0.598. The van der Waals surface area contributed by atoms with E-state index in [-0.39, 0.29) is 4.90 Å². The molecule has 0 atom stereocenters. The molecule has 3 N–H and O–H groups in total. The van der Waals surface area contributed by atoms with Crippen LogP contribution in [0.3, 0.4) is 0 Å². The summed E-state index contributed by atoms with van der Waals surface area (Å²) in [4.78, 5) is 3.93. The van der Waals surface area contributed by atoms with Gasteiger partial charge in [-0.1, -0.05) is 0 Å². The van der Waals surface area contributed by atoms with Gasteiger partial charge in [-0.25, -0.2) is 18.5 Å². The molecule has 8 heteroatoms. The van der Waals surface area contributed by atoms with E-state index in [1.165, 1.54) is 17.5 Å². The Labute approximate surface area is 83.8 Å². The van der Waals surface area contributed by atoms with Crippen LogP contribution in [0.25, 0.3) is 10.7 Å². The van der Waals surface area contributed by atoms with Gasteiger partial charge in [0.15, 0.2) is 0 Å². The Hall–Kier alpha value is -1.25. The number of nitrogens with one attached hydrogen (secondary N) is 1. The zero-order chi connectivity index (χ0) is 10.2. The molecule has 0 bridgehead atoms. The van der Waals surface area contributed by atoms with Crippen molar-refractivity contribution < 1.29 is 8.42 Å². The van der Waals surface area contributed by atoms with Gasteiger partial charge in [-0.15, -0.1) is 11.3 Å². The quantitative estimate of drug-likeness (QED) is 0.768. The summed E-state index contributed by atoms with van der Waals surface area (Å²) in [5.41, 5.74) is 0.336. The molecule has 2 heterocycles. The van der Waals surface area contributed by atoms with E-state index in [9.17, 15) is 8.42 Å². The van der Waals surface area contributed by atoms with Crippen LogP contribution in [0, 0.1) is 0 Å². The minimum Gasteiger partial charge on any atom is -0.274 e. The van der Waals surface area contributed by atoms with E-state index in [0.717, 1.165) is 0 Å². The van der Waals surface area contributed by atoms with Gasteiger partial charge < -0.3 is 0 Å². The van der Waals surface area contributed by atoms with E-state index in [4.69, 9.17) is 5.14 Å². The van der Waals surface area contributed by atoms with Crippen LogP contribution in [-0.2, 0) is 10.0 Å². The number of sulfonamides is 1. The molecule has 0 aliphatic carbocycles. The van der Waals surface area contributed by atoms with Crippen molar-refractivity contribution in [2.75, 3.05) is 0 Å². The molecule has 0 aromatic carbocycles. The van der Waals surface area contributed by atoms with Gasteiger partial charge in [-0.3, -0.25) is 5.10 Å². The zero-order valence-corrected chi connectivity index (χ0v) is 8.47. The van der Waals surface area contributed by atoms with E-state index < -0.39 is 10.0 Å². The first kappa shape index (κ1) is 9.31. The number of hydrogen-bond acceptors (Lipinski definition) is 5. The van der Waals surface area contributed by atoms with Gasteiger partial charge in [0.25, 0.3) is 0 Å². The van der Waals surface area contributed by atoms with E-state index in [1.807, 2.05) is 0 Å². The van der Waals surface area contributed by atoms with Crippen molar-refractivity contribution in [3.8, 4) is 10.7 Å². The lowest BCUT2D eigenvalue weighted by atomic mass is 10.4. The van der Waals surface area contributed by atoms with Crippen molar-refractivity contribution in [1.82, 2.24) is 15.2 Å². The fourth-order valence-corrected chi connectivity index (χ4v) is 2.33. The lowest BCUT2D eigenvalue weighted by Gasteiger charge is -1.95. The monoisotopic (exact) mass is 230 g/mol. The van der Waals surface area contributed by atoms with Crippen LogP contribution in [-0.4, -0.2) is 23.6 Å². The molecule has 0 saturated carbocycles. The summed E-state index contributed by atoms with van der Waals surface area (Å²) in [5, 5.41) is 13.5. The molecule has 0 saturated heterocycles. The van der Waals surface area contributed by atoms with Crippen molar-refractivity contribution in [3.63, 3.8) is 0 Å². The van der Waals surface area contributed by atoms with Gasteiger partial charge in [0.05, 0.1) is 6.20 Å². The molecule has 2 aromatic rings. The summed E-state index contributed by atoms with van der Waals surface area (Å²) < 4.78 is 22.2. The highest BCUT2D eigenvalue weighted by atomic mass is 32.2. The zero-order valence-electron chi connectivity index (χ0n) is 6.84. The van der Waals surface area contributed by atoms with Crippen LogP contribution in [0.4, 0.5) is 0 Å². The largest absolute Gasteiger partial charge is 0.274 e. The van der Waals surface area contributed by atoms with Crippen molar-refractivity contribution in [2.45, 2.75) is 4.90 Å². The van der Waals surface area contributed by atoms with Gasteiger partial charge in [0, 0.05) is 11.6 Å². The summed E-state index contributed by atoms with van der Waals surface area (Å²) in [7, 11) is -3.74. The Bertz CT molecular complexity index is 528. The first-order chi connectivity index (χ1) is 6.59. The number of nitrogens with zero attached hydrogens (tertiary/aromatic N) is 2. The van der Waals surface area contributed by atoms with Gasteiger partial charge in [-0.2, -0.15) is 5.10 Å². The summed E-state index contributed by atoms with van der Waals surface area (Å²) in [6, 6.07) is 0. The maximum Gasteiger partial charge on any atom is 0.241 e. The molecular weight excluding hydrogens is 224 g/mol. The first-order valence-electron chi connectivity index (χ1n) is 3.55. The van der Waals surface area contributed by atoms with E-state index in [1.54, 1.807) is 11.6 Å². The third-order valence-corrected chi connectivity index (χ3v) is 3.27. The second-order valence-corrected chi connectivity index (χ2v) is 4.92. The van der Waals surface area contributed by atoms with Crippen LogP contribution in [0.2, 0.25) is 0 Å². The maximum atomic E-state index is 11.1. The Kier molecular flexibility index (Phi) is 2.10. The van der Waals surface area contributed by atoms with Gasteiger partial charge in [0.2, 0.25) is 10.0 Å². The Morgan fingerprint density at radius 1 is 1.50 bits per heavy atom. The van der Waals surface area contributed by atoms with Crippen molar-refractivity contribution in [2.24, 2.45) is 5.14 Å². The highest BCUT2D eigenvalue weighted by Crippen LogP contribution is 2.25. The predicted octanol–water partition coefficient (Wildman–Crippen LogP) is 0.181. The van der Waals surface area contributed by atoms with Crippen LogP contribution in [0.15, 0.2) is 22.7 Å². The summed E-state index contributed by atoms with van der Waals surface area (Å²) >= 11 is 1.31. The van der Waals surface area contributed by atoms with Gasteiger partial charge >= 0.3 is 0 Å². The van der Waals surface area contributed by atoms with Crippen LogP contribution >= 0.6 is 11.3 Å². The van der Waals surface area contributed by atoms with E-state index >= 15 is 0 Å². The highest BCUT2D eigenvalue weighted by molar-refractivity contribution is 7.89. The molecule has 6 nitrogen and oxygen atoms in total. The molecule has 0 spiro atoms. The van der Waals surface area contributed by atoms with Gasteiger partial charge in [-0.05, 0) is 0 Å². The maximum absolute atomic E-state index is 11.1. The highest BCUT2D eigenvalue weighted by Gasteiger charge is 2.18. The minimum absolute atomic E-state index is 0.0348. The van der Waals surface area contributed by atoms with Gasteiger partial charge in [0.1, 0.15) is 15.6 Å². The summed E-state index contributed by atoms with van der Waals surface area (Å²) in [6.45, 7) is 0. The minimum atomic E-state index is -3.74. The lowest BCUT2D eigenvalue weighted by Crippen LogP contribution is -2.12. The standard InChI is InChI=1S/C6H6N4O2S2/c7-14(11,12)4-3-9-10-5(4)6-8-1-2-13-6/h1-3H,(H,9,10)(H2,7,11,12). The second kappa shape index (κ2) is 3.15. The van der Waals surface area contributed by atoms with Crippen LogP contribution in [0.5, 0.6) is 0 Å². The van der Waals surface area contributed by atoms with E-state index in [2.05, 4.69) is 15.2 Å². The number of aromatic amines is 1. The SMILES string of the molecule is NS(=O)(=O)c1cn[nH]c1-c1nccs1. The molecule has 14 heavy (non-hydrogen) atoms. The third-order valence-electron chi connectivity index (χ3n) is 1.56. The van der Waals surface area contributed by atoms with Crippen molar-refractivity contribution in [3.05, 3.63) is 17.8 Å². The molecule has 0 aliphatic rings. The molecule has 0 radical (unpaired) electrons. The number of aromatic nitrogens is 3. The molecule has 74 valence electrons. The fourth-order valence-electron chi connectivity index (χ4n) is 0.991. The predicted molar refractivity (Wildman–Crippen MR) is 51.1 cm³/mol. The normalized spacial score (nSPS) is 11.8. The number of thiazole rings is 1. The molecule has 2 rings (SSSR count). The number of H-pyrrole nitrogens is 1. The Morgan fingerprint density at radius 3 is 2.86 bits per heavy atom. The average Bonchev–Trinajstić information content (AvgIpc) is 2.73. The van der Waals surface area contributed by atoms with E-state index in [0.29, 0.717) is 10.7 Å². The molecule has 0 fully saturated rings. The number of nitrogens with two attached hydrogens (primary N) is 1. The average molecular weight is 230 g/mol. The molecular formula is C6H6N4O2S2. The molecule has 0 aliphatic heterocycles. The van der Waals surface area contributed by atoms with Crippen molar-refractivity contribution in [1.29, 1.82) is 0 Å².